The van der Waals surface area contributed by atoms with Crippen molar-refractivity contribution in [3.05, 3.63) is 54.3 Å². The molecule has 2 amide bonds. The lowest BCUT2D eigenvalue weighted by molar-refractivity contribution is -0.118. The molecule has 3 heterocycles. The molecular weight excluding hydrogens is 392 g/mol. The van der Waals surface area contributed by atoms with Crippen LogP contribution in [0.3, 0.4) is 0 Å². The van der Waals surface area contributed by atoms with E-state index in [0.29, 0.717) is 34.8 Å². The Bertz CT molecular complexity index is 1050. The summed E-state index contributed by atoms with van der Waals surface area (Å²) < 4.78 is 6.98. The van der Waals surface area contributed by atoms with Gasteiger partial charge in [-0.05, 0) is 25.1 Å². The van der Waals surface area contributed by atoms with Gasteiger partial charge in [-0.2, -0.15) is 4.99 Å². The molecule has 10 heteroatoms. The van der Waals surface area contributed by atoms with E-state index in [1.54, 1.807) is 18.2 Å². The number of furan rings is 1. The van der Waals surface area contributed by atoms with E-state index in [1.165, 1.54) is 18.0 Å². The first-order valence-electron chi connectivity index (χ1n) is 9.07. The van der Waals surface area contributed by atoms with Crippen LogP contribution in [0.2, 0.25) is 0 Å². The van der Waals surface area contributed by atoms with Crippen LogP contribution in [0.25, 0.3) is 0 Å². The van der Waals surface area contributed by atoms with Gasteiger partial charge in [-0.1, -0.05) is 30.0 Å². The first-order chi connectivity index (χ1) is 14.2. The third-order valence-corrected chi connectivity index (χ3v) is 5.32. The highest BCUT2D eigenvalue weighted by Crippen LogP contribution is 2.21. The maximum absolute atomic E-state index is 12.2. The summed E-state index contributed by atoms with van der Waals surface area (Å²) >= 11 is 1.40. The lowest BCUT2D eigenvalue weighted by atomic mass is 9.97. The Morgan fingerprint density at radius 1 is 1.31 bits per heavy atom. The van der Waals surface area contributed by atoms with Crippen LogP contribution in [-0.2, 0) is 17.9 Å². The minimum atomic E-state index is -0.377. The second-order valence-electron chi connectivity index (χ2n) is 6.22. The Balaban J connectivity index is 1.40. The Hall–Kier alpha value is -3.27. The van der Waals surface area contributed by atoms with Gasteiger partial charge in [0.2, 0.25) is 0 Å². The van der Waals surface area contributed by atoms with E-state index in [9.17, 15) is 9.59 Å². The molecule has 0 aromatic carbocycles. The number of hydrogen-bond acceptors (Lipinski definition) is 7. The maximum atomic E-state index is 12.2. The van der Waals surface area contributed by atoms with Crippen LogP contribution < -0.4 is 5.32 Å². The summed E-state index contributed by atoms with van der Waals surface area (Å²) in [5.41, 5.74) is 0.710. The quantitative estimate of drug-likeness (QED) is 0.699. The fourth-order valence-corrected chi connectivity index (χ4v) is 3.82. The molecular formula is C19H18N6O3S. The van der Waals surface area contributed by atoms with Gasteiger partial charge in [0, 0.05) is 6.54 Å². The largest absolute Gasteiger partial charge is 0.459 e. The number of thioether (sulfide) groups is 1. The molecule has 148 valence electrons. The summed E-state index contributed by atoms with van der Waals surface area (Å²) in [6, 6.07) is 3.25. The molecule has 9 nitrogen and oxygen atoms in total. The second kappa shape index (κ2) is 8.39. The minimum absolute atomic E-state index is 0.204. The lowest BCUT2D eigenvalue weighted by Gasteiger charge is -2.17. The molecule has 2 aromatic rings. The molecule has 1 N–H and O–H groups in total. The summed E-state index contributed by atoms with van der Waals surface area (Å²) in [6.45, 7) is 2.83. The topological polar surface area (TPSA) is 115 Å². The fourth-order valence-electron chi connectivity index (χ4n) is 2.94. The van der Waals surface area contributed by atoms with E-state index in [2.05, 4.69) is 25.5 Å². The molecule has 4 rings (SSSR count). The van der Waals surface area contributed by atoms with E-state index in [-0.39, 0.29) is 30.0 Å². The number of allylic oxidation sites excluding steroid dienone is 3. The summed E-state index contributed by atoms with van der Waals surface area (Å²) in [6.07, 6.45) is 8.76. The zero-order chi connectivity index (χ0) is 20.2. The van der Waals surface area contributed by atoms with Crippen molar-refractivity contribution in [1.29, 1.82) is 0 Å². The lowest BCUT2D eigenvalue weighted by Crippen LogP contribution is -2.27. The van der Waals surface area contributed by atoms with Crippen molar-refractivity contribution in [3.63, 3.8) is 0 Å². The Morgan fingerprint density at radius 3 is 3.00 bits per heavy atom. The number of carbonyl (C=O) groups excluding carboxylic acids is 2. The normalized spacial score (nSPS) is 17.7. The summed E-state index contributed by atoms with van der Waals surface area (Å²) in [5, 5.41) is 11.8. The van der Waals surface area contributed by atoms with Gasteiger partial charge in [-0.15, -0.1) is 10.2 Å². The van der Waals surface area contributed by atoms with E-state index < -0.39 is 0 Å². The van der Waals surface area contributed by atoms with Gasteiger partial charge in [0.05, 0.1) is 24.3 Å². The number of aliphatic imine (C=N–C) groups is 2. The molecule has 0 saturated heterocycles. The first-order valence-corrected chi connectivity index (χ1v) is 10.1. The zero-order valence-electron chi connectivity index (χ0n) is 15.6. The van der Waals surface area contributed by atoms with Gasteiger partial charge in [-0.3, -0.25) is 9.59 Å². The molecule has 1 aliphatic carbocycles. The predicted molar refractivity (Wildman–Crippen MR) is 108 cm³/mol. The molecule has 2 aromatic heterocycles. The second-order valence-corrected chi connectivity index (χ2v) is 7.16. The van der Waals surface area contributed by atoms with Crippen LogP contribution in [0.4, 0.5) is 0 Å². The molecule has 0 bridgehead atoms. The first kappa shape index (κ1) is 19.1. The minimum Gasteiger partial charge on any atom is -0.459 e. The number of nitrogens with zero attached hydrogens (tertiary/aromatic N) is 5. The van der Waals surface area contributed by atoms with Crippen molar-refractivity contribution in [3.8, 4) is 0 Å². The van der Waals surface area contributed by atoms with E-state index >= 15 is 0 Å². The van der Waals surface area contributed by atoms with Crippen LogP contribution >= 0.6 is 11.8 Å². The summed E-state index contributed by atoms with van der Waals surface area (Å²) in [4.78, 5) is 32.8. The number of hydrogen-bond donors (Lipinski definition) is 1. The molecule has 1 atom stereocenters. The van der Waals surface area contributed by atoms with E-state index in [0.717, 1.165) is 0 Å². The SMILES string of the molecule is CCn1c(CNC(=O)c2ccco2)nnc1SCC1=NC(=O)C2C=CC=CC2=N1. The fraction of sp³-hybridized carbons (Fsp3) is 0.263. The number of carbonyl (C=O) groups is 2. The van der Waals surface area contributed by atoms with Gasteiger partial charge >= 0.3 is 0 Å². The smallest absolute Gasteiger partial charge is 0.287 e. The predicted octanol–water partition coefficient (Wildman–Crippen LogP) is 2.04. The third kappa shape index (κ3) is 4.11. The highest BCUT2D eigenvalue weighted by atomic mass is 32.2. The number of aromatic nitrogens is 3. The molecule has 2 aliphatic rings. The molecule has 0 saturated carbocycles. The van der Waals surface area contributed by atoms with E-state index in [1.807, 2.05) is 29.7 Å². The molecule has 29 heavy (non-hydrogen) atoms. The Morgan fingerprint density at radius 2 is 2.21 bits per heavy atom. The van der Waals surface area contributed by atoms with Crippen LogP contribution in [0, 0.1) is 5.92 Å². The maximum Gasteiger partial charge on any atom is 0.287 e. The number of nitrogens with one attached hydrogen (secondary N) is 1. The Kier molecular flexibility index (Phi) is 5.52. The van der Waals surface area contributed by atoms with Crippen molar-refractivity contribution < 1.29 is 14.0 Å². The van der Waals surface area contributed by atoms with Crippen molar-refractivity contribution in [2.45, 2.75) is 25.2 Å². The highest BCUT2D eigenvalue weighted by molar-refractivity contribution is 7.99. The Labute approximate surface area is 170 Å². The van der Waals surface area contributed by atoms with Crippen LogP contribution in [0.1, 0.15) is 23.3 Å². The highest BCUT2D eigenvalue weighted by Gasteiger charge is 2.26. The summed E-state index contributed by atoms with van der Waals surface area (Å²) in [5.74, 6) is 0.835. The third-order valence-electron chi connectivity index (χ3n) is 4.36. The van der Waals surface area contributed by atoms with Crippen molar-refractivity contribution in [1.82, 2.24) is 20.1 Å². The van der Waals surface area contributed by atoms with Crippen molar-refractivity contribution in [2.24, 2.45) is 15.9 Å². The van der Waals surface area contributed by atoms with E-state index in [4.69, 9.17) is 4.42 Å². The molecule has 1 unspecified atom stereocenters. The number of rotatable bonds is 7. The van der Waals surface area contributed by atoms with Crippen LogP contribution in [0.5, 0.6) is 0 Å². The standard InChI is InChI=1S/C19H18N6O3S/c1-2-25-16(10-20-18(27)14-8-5-9-28-14)23-24-19(25)29-11-15-21-13-7-4-3-6-12(13)17(26)22-15/h3-9,12H,2,10-11H2,1H3,(H,20,27). The molecule has 0 fully saturated rings. The van der Waals surface area contributed by atoms with Crippen molar-refractivity contribution in [2.75, 3.05) is 5.75 Å². The van der Waals surface area contributed by atoms with Gasteiger partial charge in [0.1, 0.15) is 11.8 Å². The van der Waals surface area contributed by atoms with Gasteiger partial charge in [0.25, 0.3) is 11.8 Å². The average Bonchev–Trinajstić information content (AvgIpc) is 3.40. The number of amides is 2. The van der Waals surface area contributed by atoms with Gasteiger partial charge in [-0.25, -0.2) is 4.99 Å². The van der Waals surface area contributed by atoms with Crippen LogP contribution in [0.15, 0.2) is 62.3 Å². The number of amidine groups is 1. The molecule has 0 spiro atoms. The molecule has 0 radical (unpaired) electrons. The molecule has 1 aliphatic heterocycles. The number of fused-ring (bicyclic) bond motifs is 1. The monoisotopic (exact) mass is 410 g/mol. The average molecular weight is 410 g/mol. The van der Waals surface area contributed by atoms with Crippen molar-refractivity contribution >= 4 is 35.1 Å². The van der Waals surface area contributed by atoms with Crippen LogP contribution in [-0.4, -0.2) is 43.9 Å². The zero-order valence-corrected chi connectivity index (χ0v) is 16.4. The van der Waals surface area contributed by atoms with Gasteiger partial charge in [0.15, 0.2) is 16.7 Å². The van der Waals surface area contributed by atoms with Gasteiger partial charge < -0.3 is 14.3 Å². The summed E-state index contributed by atoms with van der Waals surface area (Å²) in [7, 11) is 0.